The molecule has 3 rings (SSSR count). The van der Waals surface area contributed by atoms with Crippen LogP contribution < -0.4 is 10.6 Å². The molecular weight excluding hydrogens is 361 g/mol. The van der Waals surface area contributed by atoms with Gasteiger partial charge in [-0.05, 0) is 48.2 Å². The molecule has 8 heteroatoms. The number of alkyl halides is 3. The normalized spacial score (nSPS) is 18.7. The van der Waals surface area contributed by atoms with Crippen LogP contribution in [0.4, 0.5) is 18.9 Å². The Labute approximate surface area is 153 Å². The molecule has 0 aromatic heterocycles. The number of aliphatic hydroxyl groups is 1. The quantitative estimate of drug-likeness (QED) is 0.719. The number of carbonyl (C=O) groups excluding carboxylic acids is 2. The molecule has 0 fully saturated rings. The van der Waals surface area contributed by atoms with Gasteiger partial charge in [0.1, 0.15) is 5.60 Å². The summed E-state index contributed by atoms with van der Waals surface area (Å²) in [6, 6.07) is 11.1. The maximum absolute atomic E-state index is 12.5. The number of hydrogen-bond acceptors (Lipinski definition) is 3. The van der Waals surface area contributed by atoms with Crippen molar-refractivity contribution in [2.45, 2.75) is 24.6 Å². The van der Waals surface area contributed by atoms with Crippen molar-refractivity contribution in [1.82, 2.24) is 5.32 Å². The van der Waals surface area contributed by atoms with Crippen molar-refractivity contribution in [1.29, 1.82) is 0 Å². The first-order valence-electron chi connectivity index (χ1n) is 8.26. The van der Waals surface area contributed by atoms with E-state index in [1.54, 1.807) is 12.1 Å². The van der Waals surface area contributed by atoms with E-state index in [0.29, 0.717) is 18.4 Å². The van der Waals surface area contributed by atoms with E-state index in [-0.39, 0.29) is 12.2 Å². The number of nitrogens with one attached hydrogen (secondary N) is 2. The summed E-state index contributed by atoms with van der Waals surface area (Å²) in [6.07, 6.45) is -3.39. The van der Waals surface area contributed by atoms with Gasteiger partial charge in [0.2, 0.25) is 0 Å². The lowest BCUT2D eigenvalue weighted by Crippen LogP contribution is -2.43. The number of amides is 2. The fourth-order valence-corrected chi connectivity index (χ4v) is 3.09. The van der Waals surface area contributed by atoms with Gasteiger partial charge in [-0.3, -0.25) is 9.59 Å². The standard InChI is InChI=1S/C19H17F3N2O3/c20-19(21,22)13-5-7-14(8-6-13)24-17(26)16(25)23-11-18(27)10-9-12-3-1-2-4-15(12)18/h1-8,27H,9-11H2,(H,23,25)(H,24,26). The van der Waals surface area contributed by atoms with Crippen LogP contribution >= 0.6 is 0 Å². The van der Waals surface area contributed by atoms with Gasteiger partial charge in [0.25, 0.3) is 0 Å². The summed E-state index contributed by atoms with van der Waals surface area (Å²) < 4.78 is 37.6. The highest BCUT2D eigenvalue weighted by Gasteiger charge is 2.37. The Morgan fingerprint density at radius 1 is 1.04 bits per heavy atom. The molecule has 27 heavy (non-hydrogen) atoms. The van der Waals surface area contributed by atoms with E-state index in [1.165, 1.54) is 0 Å². The van der Waals surface area contributed by atoms with Crippen molar-refractivity contribution in [2.24, 2.45) is 0 Å². The number of benzene rings is 2. The minimum Gasteiger partial charge on any atom is -0.383 e. The molecule has 1 atom stereocenters. The van der Waals surface area contributed by atoms with Crippen molar-refractivity contribution in [3.8, 4) is 0 Å². The number of fused-ring (bicyclic) bond motifs is 1. The third-order valence-corrected chi connectivity index (χ3v) is 4.54. The lowest BCUT2D eigenvalue weighted by molar-refractivity contribution is -0.137. The zero-order valence-corrected chi connectivity index (χ0v) is 14.1. The Morgan fingerprint density at radius 3 is 2.37 bits per heavy atom. The number of aryl methyl sites for hydroxylation is 1. The monoisotopic (exact) mass is 378 g/mol. The van der Waals surface area contributed by atoms with E-state index >= 15 is 0 Å². The van der Waals surface area contributed by atoms with Gasteiger partial charge in [-0.25, -0.2) is 0 Å². The molecule has 142 valence electrons. The Morgan fingerprint density at radius 2 is 1.70 bits per heavy atom. The molecule has 2 amide bonds. The molecule has 5 nitrogen and oxygen atoms in total. The molecule has 0 saturated heterocycles. The van der Waals surface area contributed by atoms with Crippen LogP contribution in [0.25, 0.3) is 0 Å². The van der Waals surface area contributed by atoms with Crippen LogP contribution in [0.5, 0.6) is 0 Å². The van der Waals surface area contributed by atoms with Crippen LogP contribution in [0.15, 0.2) is 48.5 Å². The van der Waals surface area contributed by atoms with Crippen molar-refractivity contribution in [2.75, 3.05) is 11.9 Å². The maximum atomic E-state index is 12.5. The summed E-state index contributed by atoms with van der Waals surface area (Å²) >= 11 is 0. The van der Waals surface area contributed by atoms with Gasteiger partial charge >= 0.3 is 18.0 Å². The highest BCUT2D eigenvalue weighted by atomic mass is 19.4. The van der Waals surface area contributed by atoms with Crippen LogP contribution in [0.1, 0.15) is 23.1 Å². The van der Waals surface area contributed by atoms with Gasteiger partial charge in [0, 0.05) is 5.69 Å². The molecule has 0 aliphatic heterocycles. The van der Waals surface area contributed by atoms with Gasteiger partial charge in [-0.2, -0.15) is 13.2 Å². The first-order valence-corrected chi connectivity index (χ1v) is 8.26. The second-order valence-electron chi connectivity index (χ2n) is 6.40. The number of carbonyl (C=O) groups is 2. The molecule has 1 unspecified atom stereocenters. The lowest BCUT2D eigenvalue weighted by Gasteiger charge is -2.24. The molecule has 2 aromatic rings. The minimum absolute atomic E-state index is 0.0630. The highest BCUT2D eigenvalue weighted by molar-refractivity contribution is 6.39. The molecular formula is C19H17F3N2O3. The van der Waals surface area contributed by atoms with Crippen LogP contribution in [-0.2, 0) is 27.8 Å². The van der Waals surface area contributed by atoms with Crippen LogP contribution in [0.2, 0.25) is 0 Å². The molecule has 3 N–H and O–H groups in total. The Kier molecular flexibility index (Phi) is 4.93. The molecule has 1 aliphatic carbocycles. The van der Waals surface area contributed by atoms with Crippen LogP contribution in [0, 0.1) is 0 Å². The molecule has 0 spiro atoms. The summed E-state index contributed by atoms with van der Waals surface area (Å²) in [7, 11) is 0. The zero-order valence-electron chi connectivity index (χ0n) is 14.1. The summed E-state index contributed by atoms with van der Waals surface area (Å²) in [5.74, 6) is -2.00. The van der Waals surface area contributed by atoms with E-state index in [0.717, 1.165) is 29.8 Å². The van der Waals surface area contributed by atoms with E-state index in [1.807, 2.05) is 12.1 Å². The first kappa shape index (κ1) is 18.9. The van der Waals surface area contributed by atoms with E-state index < -0.39 is 29.2 Å². The molecule has 1 aliphatic rings. The number of rotatable bonds is 3. The zero-order chi connectivity index (χ0) is 19.7. The fourth-order valence-electron chi connectivity index (χ4n) is 3.09. The molecule has 0 radical (unpaired) electrons. The summed E-state index contributed by atoms with van der Waals surface area (Å²) in [4.78, 5) is 23.9. The summed E-state index contributed by atoms with van der Waals surface area (Å²) in [6.45, 7) is -0.136. The van der Waals surface area contributed by atoms with E-state index in [2.05, 4.69) is 10.6 Å². The SMILES string of the molecule is O=C(NCC1(O)CCc2ccccc21)C(=O)Nc1ccc(C(F)(F)F)cc1. The number of hydrogen-bond donors (Lipinski definition) is 3. The smallest absolute Gasteiger partial charge is 0.383 e. The topological polar surface area (TPSA) is 78.4 Å². The average Bonchev–Trinajstić information content (AvgIpc) is 2.97. The summed E-state index contributed by atoms with van der Waals surface area (Å²) in [5.41, 5.74) is -0.335. The Bertz CT molecular complexity index is 865. The van der Waals surface area contributed by atoms with Crippen LogP contribution in [0.3, 0.4) is 0 Å². The second-order valence-corrected chi connectivity index (χ2v) is 6.40. The lowest BCUT2D eigenvalue weighted by atomic mass is 9.96. The third kappa shape index (κ3) is 4.11. The van der Waals surface area contributed by atoms with Crippen molar-refractivity contribution < 1.29 is 27.9 Å². The predicted octanol–water partition coefficient (Wildman–Crippen LogP) is 2.59. The van der Waals surface area contributed by atoms with Gasteiger partial charge in [0.05, 0.1) is 12.1 Å². The predicted molar refractivity (Wildman–Crippen MR) is 91.7 cm³/mol. The highest BCUT2D eigenvalue weighted by Crippen LogP contribution is 2.36. The molecule has 0 heterocycles. The molecule has 0 saturated carbocycles. The number of halogens is 3. The first-order chi connectivity index (χ1) is 12.7. The Hall–Kier alpha value is -2.87. The largest absolute Gasteiger partial charge is 0.416 e. The van der Waals surface area contributed by atoms with Gasteiger partial charge < -0.3 is 15.7 Å². The maximum Gasteiger partial charge on any atom is 0.416 e. The van der Waals surface area contributed by atoms with Crippen LogP contribution in [-0.4, -0.2) is 23.5 Å². The van der Waals surface area contributed by atoms with E-state index in [4.69, 9.17) is 0 Å². The second kappa shape index (κ2) is 7.03. The van der Waals surface area contributed by atoms with Gasteiger partial charge in [-0.1, -0.05) is 24.3 Å². The van der Waals surface area contributed by atoms with Crippen molar-refractivity contribution >= 4 is 17.5 Å². The third-order valence-electron chi connectivity index (χ3n) is 4.54. The number of anilines is 1. The fraction of sp³-hybridized carbons (Fsp3) is 0.263. The van der Waals surface area contributed by atoms with Gasteiger partial charge in [0.15, 0.2) is 0 Å². The Balaban J connectivity index is 1.58. The summed E-state index contributed by atoms with van der Waals surface area (Å²) in [5, 5.41) is 15.3. The van der Waals surface area contributed by atoms with Crippen molar-refractivity contribution in [3.05, 3.63) is 65.2 Å². The molecule has 0 bridgehead atoms. The average molecular weight is 378 g/mol. The minimum atomic E-state index is -4.48. The van der Waals surface area contributed by atoms with E-state index in [9.17, 15) is 27.9 Å². The molecule has 2 aromatic carbocycles. The van der Waals surface area contributed by atoms with Crippen molar-refractivity contribution in [3.63, 3.8) is 0 Å². The van der Waals surface area contributed by atoms with Gasteiger partial charge in [-0.15, -0.1) is 0 Å².